The van der Waals surface area contributed by atoms with Crippen LogP contribution in [-0.2, 0) is 6.18 Å². The van der Waals surface area contributed by atoms with Gasteiger partial charge in [0.1, 0.15) is 5.69 Å². The van der Waals surface area contributed by atoms with E-state index in [-0.39, 0.29) is 23.2 Å². The molecule has 0 spiro atoms. The summed E-state index contributed by atoms with van der Waals surface area (Å²) in [6.45, 7) is 5.52. The van der Waals surface area contributed by atoms with Gasteiger partial charge in [-0.15, -0.1) is 11.3 Å². The van der Waals surface area contributed by atoms with Crippen molar-refractivity contribution in [3.63, 3.8) is 0 Å². The van der Waals surface area contributed by atoms with Crippen LogP contribution in [0, 0.1) is 6.92 Å². The lowest BCUT2D eigenvalue weighted by atomic mass is 10.2. The van der Waals surface area contributed by atoms with Gasteiger partial charge in [-0.3, -0.25) is 4.79 Å². The summed E-state index contributed by atoms with van der Waals surface area (Å²) in [6.07, 6.45) is -4.58. The maximum absolute atomic E-state index is 12.8. The molecule has 1 atom stereocenters. The number of likely N-dealkylation sites (N-methyl/N-ethyl adjacent to an activating group) is 1. The van der Waals surface area contributed by atoms with Crippen molar-refractivity contribution < 1.29 is 22.5 Å². The predicted molar refractivity (Wildman–Crippen MR) is 87.6 cm³/mol. The van der Waals surface area contributed by atoms with Gasteiger partial charge in [-0.25, -0.2) is 0 Å². The number of piperazine rings is 1. The van der Waals surface area contributed by atoms with Crippen LogP contribution in [0.1, 0.15) is 27.9 Å². The standard InChI is InChI=1S/C16H18F3N3O2S/c1-9-8-21(3)6-7-22(9)15(23)12-5-4-11(25-12)13-10(2)14(24-20-13)16(17,18)19/h4-5,9H,6-8H2,1-3H3/t9-/m0/s1. The molecule has 25 heavy (non-hydrogen) atoms. The van der Waals surface area contributed by atoms with E-state index in [1.807, 2.05) is 14.0 Å². The van der Waals surface area contributed by atoms with Crippen LogP contribution in [-0.4, -0.2) is 53.6 Å². The first-order valence-corrected chi connectivity index (χ1v) is 8.63. The molecule has 0 unspecified atom stereocenters. The molecular formula is C16H18F3N3O2S. The lowest BCUT2D eigenvalue weighted by Crippen LogP contribution is -2.52. The first-order chi connectivity index (χ1) is 11.7. The second-order valence-electron chi connectivity index (χ2n) is 6.26. The molecule has 1 saturated heterocycles. The fraction of sp³-hybridized carbons (Fsp3) is 0.500. The average molecular weight is 373 g/mol. The molecule has 0 radical (unpaired) electrons. The third kappa shape index (κ3) is 3.43. The molecule has 1 fully saturated rings. The van der Waals surface area contributed by atoms with E-state index in [9.17, 15) is 18.0 Å². The molecule has 3 rings (SSSR count). The number of alkyl halides is 3. The molecule has 136 valence electrons. The van der Waals surface area contributed by atoms with Gasteiger partial charge in [0.15, 0.2) is 0 Å². The molecule has 0 aromatic carbocycles. The Kier molecular flexibility index (Phi) is 4.63. The fourth-order valence-electron chi connectivity index (χ4n) is 2.99. The minimum absolute atomic E-state index is 0.0682. The monoisotopic (exact) mass is 373 g/mol. The summed E-state index contributed by atoms with van der Waals surface area (Å²) in [5.41, 5.74) is 0.0594. The van der Waals surface area contributed by atoms with Crippen molar-refractivity contribution in [3.8, 4) is 10.6 Å². The van der Waals surface area contributed by atoms with Gasteiger partial charge < -0.3 is 14.3 Å². The lowest BCUT2D eigenvalue weighted by Gasteiger charge is -2.38. The molecular weight excluding hydrogens is 355 g/mol. The molecule has 9 heteroatoms. The highest BCUT2D eigenvalue weighted by molar-refractivity contribution is 7.17. The van der Waals surface area contributed by atoms with Crippen LogP contribution >= 0.6 is 11.3 Å². The smallest absolute Gasteiger partial charge is 0.351 e. The molecule has 2 aromatic heterocycles. The number of thiophene rings is 1. The van der Waals surface area contributed by atoms with Gasteiger partial charge in [0.25, 0.3) is 5.91 Å². The number of halogens is 3. The summed E-state index contributed by atoms with van der Waals surface area (Å²) < 4.78 is 43.0. The number of hydrogen-bond acceptors (Lipinski definition) is 5. The van der Waals surface area contributed by atoms with Crippen LogP contribution in [0.4, 0.5) is 13.2 Å². The normalized spacial score (nSPS) is 19.4. The zero-order valence-corrected chi connectivity index (χ0v) is 14.9. The molecule has 1 amide bonds. The van der Waals surface area contributed by atoms with Gasteiger partial charge in [-0.2, -0.15) is 13.2 Å². The topological polar surface area (TPSA) is 49.6 Å². The Balaban J connectivity index is 1.84. The number of hydrogen-bond donors (Lipinski definition) is 0. The van der Waals surface area contributed by atoms with E-state index in [2.05, 4.69) is 14.6 Å². The maximum Gasteiger partial charge on any atom is 0.452 e. The van der Waals surface area contributed by atoms with E-state index in [1.165, 1.54) is 6.92 Å². The van der Waals surface area contributed by atoms with Gasteiger partial charge >= 0.3 is 6.18 Å². The predicted octanol–water partition coefficient (Wildman–Crippen LogP) is 3.51. The first-order valence-electron chi connectivity index (χ1n) is 7.81. The van der Waals surface area contributed by atoms with Crippen LogP contribution in [0.15, 0.2) is 16.7 Å². The van der Waals surface area contributed by atoms with Crippen molar-refractivity contribution in [1.82, 2.24) is 15.0 Å². The quantitative estimate of drug-likeness (QED) is 0.808. The molecule has 0 bridgehead atoms. The molecule has 0 N–H and O–H groups in total. The Morgan fingerprint density at radius 3 is 2.68 bits per heavy atom. The number of aromatic nitrogens is 1. The Hall–Kier alpha value is -1.87. The third-order valence-electron chi connectivity index (χ3n) is 4.32. The number of nitrogens with zero attached hydrogens (tertiary/aromatic N) is 3. The van der Waals surface area contributed by atoms with E-state index in [0.29, 0.717) is 16.3 Å². The summed E-state index contributed by atoms with van der Waals surface area (Å²) in [6, 6.07) is 3.33. The molecule has 1 aliphatic rings. The second kappa shape index (κ2) is 6.45. The van der Waals surface area contributed by atoms with Crippen LogP contribution in [0.5, 0.6) is 0 Å². The Labute approximate surface area is 147 Å². The Bertz CT molecular complexity index is 784. The van der Waals surface area contributed by atoms with E-state index < -0.39 is 11.9 Å². The number of carbonyl (C=O) groups is 1. The van der Waals surface area contributed by atoms with Crippen molar-refractivity contribution in [2.24, 2.45) is 0 Å². The van der Waals surface area contributed by atoms with Crippen LogP contribution < -0.4 is 0 Å². The highest BCUT2D eigenvalue weighted by atomic mass is 32.1. The number of rotatable bonds is 2. The van der Waals surface area contributed by atoms with E-state index in [4.69, 9.17) is 0 Å². The van der Waals surface area contributed by atoms with Gasteiger partial charge in [0.05, 0.1) is 9.75 Å². The molecule has 1 aliphatic heterocycles. The first kappa shape index (κ1) is 17.9. The summed E-state index contributed by atoms with van der Waals surface area (Å²) in [5, 5.41) is 3.55. The minimum Gasteiger partial charge on any atom is -0.351 e. The lowest BCUT2D eigenvalue weighted by molar-refractivity contribution is -0.156. The molecule has 3 heterocycles. The summed E-state index contributed by atoms with van der Waals surface area (Å²) >= 11 is 1.13. The van der Waals surface area contributed by atoms with E-state index >= 15 is 0 Å². The molecule has 0 aliphatic carbocycles. The molecule has 0 saturated carbocycles. The SMILES string of the molecule is Cc1c(-c2ccc(C(=O)N3CCN(C)C[C@@H]3C)s2)noc1C(F)(F)F. The van der Waals surface area contributed by atoms with Crippen molar-refractivity contribution in [2.45, 2.75) is 26.1 Å². The largest absolute Gasteiger partial charge is 0.452 e. The summed E-state index contributed by atoms with van der Waals surface area (Å²) in [5.74, 6) is -1.20. The zero-order chi connectivity index (χ0) is 18.4. The van der Waals surface area contributed by atoms with Crippen LogP contribution in [0.2, 0.25) is 0 Å². The van der Waals surface area contributed by atoms with Gasteiger partial charge in [-0.1, -0.05) is 5.16 Å². The highest BCUT2D eigenvalue weighted by Crippen LogP contribution is 2.38. The van der Waals surface area contributed by atoms with Gasteiger partial charge in [0.2, 0.25) is 5.76 Å². The van der Waals surface area contributed by atoms with Crippen molar-refractivity contribution in [2.75, 3.05) is 26.7 Å². The van der Waals surface area contributed by atoms with Crippen molar-refractivity contribution in [1.29, 1.82) is 0 Å². The molecule has 2 aromatic rings. The number of amides is 1. The summed E-state index contributed by atoms with van der Waals surface area (Å²) in [4.78, 5) is 17.6. The zero-order valence-electron chi connectivity index (χ0n) is 14.1. The Morgan fingerprint density at radius 1 is 1.36 bits per heavy atom. The fourth-order valence-corrected chi connectivity index (χ4v) is 3.99. The minimum atomic E-state index is -4.58. The highest BCUT2D eigenvalue weighted by Gasteiger charge is 2.39. The van der Waals surface area contributed by atoms with Crippen LogP contribution in [0.25, 0.3) is 10.6 Å². The maximum atomic E-state index is 12.8. The number of carbonyl (C=O) groups excluding carboxylic acids is 1. The molecule has 5 nitrogen and oxygen atoms in total. The van der Waals surface area contributed by atoms with Crippen LogP contribution in [0.3, 0.4) is 0 Å². The Morgan fingerprint density at radius 2 is 2.08 bits per heavy atom. The summed E-state index contributed by atoms with van der Waals surface area (Å²) in [7, 11) is 2.01. The third-order valence-corrected chi connectivity index (χ3v) is 5.40. The average Bonchev–Trinajstić information content (AvgIpc) is 3.12. The van der Waals surface area contributed by atoms with Gasteiger partial charge in [0, 0.05) is 31.2 Å². The van der Waals surface area contributed by atoms with E-state index in [1.54, 1.807) is 17.0 Å². The van der Waals surface area contributed by atoms with Crippen molar-refractivity contribution >= 4 is 17.2 Å². The van der Waals surface area contributed by atoms with E-state index in [0.717, 1.165) is 24.4 Å². The van der Waals surface area contributed by atoms with Gasteiger partial charge in [-0.05, 0) is 33.0 Å². The second-order valence-corrected chi connectivity index (χ2v) is 7.34. The van der Waals surface area contributed by atoms with Crippen molar-refractivity contribution in [3.05, 3.63) is 28.3 Å².